The first-order valence-electron chi connectivity index (χ1n) is 6.85. The zero-order valence-electron chi connectivity index (χ0n) is 13.0. The van der Waals surface area contributed by atoms with Gasteiger partial charge < -0.3 is 15.3 Å². The Morgan fingerprint density at radius 3 is 2.38 bits per heavy atom. The molecular weight excluding hydrogens is 270 g/mol. The molecule has 1 heterocycles. The molecule has 0 saturated heterocycles. The molecule has 1 aromatic rings. The van der Waals surface area contributed by atoms with Crippen molar-refractivity contribution in [2.75, 3.05) is 13.6 Å². The van der Waals surface area contributed by atoms with Crippen LogP contribution < -0.4 is 5.32 Å². The summed E-state index contributed by atoms with van der Waals surface area (Å²) in [7, 11) is 1.65. The Morgan fingerprint density at radius 2 is 1.90 bits per heavy atom. The summed E-state index contributed by atoms with van der Waals surface area (Å²) in [6.07, 6.45) is 4.10. The first-order valence-corrected chi connectivity index (χ1v) is 6.85. The summed E-state index contributed by atoms with van der Waals surface area (Å²) in [4.78, 5) is 28.7. The van der Waals surface area contributed by atoms with E-state index >= 15 is 0 Å². The van der Waals surface area contributed by atoms with Crippen molar-refractivity contribution in [2.24, 2.45) is 5.41 Å². The largest absolute Gasteiger partial charge is 0.480 e. The number of amides is 2. The van der Waals surface area contributed by atoms with Gasteiger partial charge in [0, 0.05) is 26.0 Å². The molecular formula is C15H23N3O3. The quantitative estimate of drug-likeness (QED) is 0.866. The molecule has 116 valence electrons. The highest BCUT2D eigenvalue weighted by Gasteiger charge is 2.33. The maximum Gasteiger partial charge on any atom is 0.326 e. The number of carbonyl (C=O) groups excluding carboxylic acids is 1. The van der Waals surface area contributed by atoms with Crippen LogP contribution >= 0.6 is 0 Å². The van der Waals surface area contributed by atoms with E-state index in [0.717, 1.165) is 5.56 Å². The summed E-state index contributed by atoms with van der Waals surface area (Å²) < 4.78 is 0. The van der Waals surface area contributed by atoms with Crippen LogP contribution in [-0.2, 0) is 11.2 Å². The molecule has 0 aromatic carbocycles. The number of nitrogens with zero attached hydrogens (tertiary/aromatic N) is 2. The minimum absolute atomic E-state index is 0.383. The van der Waals surface area contributed by atoms with Crippen LogP contribution in [0.5, 0.6) is 0 Å². The number of urea groups is 1. The second kappa shape index (κ2) is 7.06. The van der Waals surface area contributed by atoms with Gasteiger partial charge in [0.05, 0.1) is 0 Å². The van der Waals surface area contributed by atoms with E-state index in [9.17, 15) is 14.7 Å². The smallest absolute Gasteiger partial charge is 0.326 e. The second-order valence-electron chi connectivity index (χ2n) is 6.11. The number of nitrogens with one attached hydrogen (secondary N) is 1. The van der Waals surface area contributed by atoms with Gasteiger partial charge in [-0.15, -0.1) is 0 Å². The third-order valence-corrected chi connectivity index (χ3v) is 3.21. The molecule has 1 rings (SSSR count). The molecule has 0 bridgehead atoms. The Labute approximate surface area is 125 Å². The van der Waals surface area contributed by atoms with Crippen LogP contribution in [0.3, 0.4) is 0 Å². The number of aliphatic carboxylic acids is 1. The van der Waals surface area contributed by atoms with Gasteiger partial charge >= 0.3 is 12.0 Å². The Morgan fingerprint density at radius 1 is 1.33 bits per heavy atom. The summed E-state index contributed by atoms with van der Waals surface area (Å²) in [5, 5.41) is 11.8. The van der Waals surface area contributed by atoms with Crippen LogP contribution in [0, 0.1) is 5.41 Å². The van der Waals surface area contributed by atoms with Crippen molar-refractivity contribution in [1.82, 2.24) is 15.2 Å². The van der Waals surface area contributed by atoms with Crippen molar-refractivity contribution in [3.63, 3.8) is 0 Å². The lowest BCUT2D eigenvalue weighted by Gasteiger charge is -2.29. The molecule has 2 amide bonds. The van der Waals surface area contributed by atoms with Crippen LogP contribution in [0.1, 0.15) is 26.3 Å². The number of rotatable bonds is 5. The molecule has 21 heavy (non-hydrogen) atoms. The molecule has 1 atom stereocenters. The van der Waals surface area contributed by atoms with Gasteiger partial charge in [0.15, 0.2) is 0 Å². The maximum atomic E-state index is 12.1. The van der Waals surface area contributed by atoms with E-state index in [1.54, 1.807) is 40.2 Å². The molecule has 0 aliphatic rings. The third-order valence-electron chi connectivity index (χ3n) is 3.21. The lowest BCUT2D eigenvalue weighted by Crippen LogP contribution is -2.52. The molecule has 0 aliphatic carbocycles. The van der Waals surface area contributed by atoms with Gasteiger partial charge in [0.25, 0.3) is 0 Å². The molecule has 6 nitrogen and oxygen atoms in total. The molecule has 0 aliphatic heterocycles. The van der Waals surface area contributed by atoms with Crippen LogP contribution in [-0.4, -0.2) is 46.6 Å². The fourth-order valence-electron chi connectivity index (χ4n) is 1.83. The van der Waals surface area contributed by atoms with Gasteiger partial charge in [-0.25, -0.2) is 9.59 Å². The molecule has 2 N–H and O–H groups in total. The zero-order chi connectivity index (χ0) is 16.0. The second-order valence-corrected chi connectivity index (χ2v) is 6.11. The van der Waals surface area contributed by atoms with Crippen LogP contribution in [0.4, 0.5) is 4.79 Å². The zero-order valence-corrected chi connectivity index (χ0v) is 13.0. The van der Waals surface area contributed by atoms with Gasteiger partial charge in [0.1, 0.15) is 6.04 Å². The lowest BCUT2D eigenvalue weighted by atomic mass is 9.87. The molecule has 1 unspecified atom stereocenters. The fraction of sp³-hybridized carbons (Fsp3) is 0.533. The Hall–Kier alpha value is -2.11. The first-order chi connectivity index (χ1) is 9.71. The topological polar surface area (TPSA) is 82.5 Å². The minimum Gasteiger partial charge on any atom is -0.480 e. The first kappa shape index (κ1) is 16.9. The predicted molar refractivity (Wildman–Crippen MR) is 80.0 cm³/mol. The number of aromatic nitrogens is 1. The van der Waals surface area contributed by atoms with E-state index < -0.39 is 17.4 Å². The molecule has 0 radical (unpaired) electrons. The molecule has 0 spiro atoms. The van der Waals surface area contributed by atoms with Crippen LogP contribution in [0.25, 0.3) is 0 Å². The molecule has 0 saturated carbocycles. The van der Waals surface area contributed by atoms with Crippen LogP contribution in [0.15, 0.2) is 24.5 Å². The van der Waals surface area contributed by atoms with Crippen molar-refractivity contribution in [1.29, 1.82) is 0 Å². The monoisotopic (exact) mass is 293 g/mol. The standard InChI is InChI=1S/C15H23N3O3/c1-15(2,3)12(13(19)20)17-14(21)18(4)10-7-11-5-8-16-9-6-11/h5-6,8-9,12H,7,10H2,1-4H3,(H,17,21)(H,19,20). The SMILES string of the molecule is CN(CCc1ccncc1)C(=O)NC(C(=O)O)C(C)(C)C. The Kier molecular flexibility index (Phi) is 5.69. The Balaban J connectivity index is 2.56. The van der Waals surface area contributed by atoms with Gasteiger partial charge in [-0.2, -0.15) is 0 Å². The lowest BCUT2D eigenvalue weighted by molar-refractivity contribution is -0.142. The van der Waals surface area contributed by atoms with Gasteiger partial charge in [-0.1, -0.05) is 20.8 Å². The van der Waals surface area contributed by atoms with Crippen molar-refractivity contribution in [3.05, 3.63) is 30.1 Å². The van der Waals surface area contributed by atoms with E-state index in [-0.39, 0.29) is 6.03 Å². The van der Waals surface area contributed by atoms with Gasteiger partial charge in [0.2, 0.25) is 0 Å². The van der Waals surface area contributed by atoms with Crippen molar-refractivity contribution in [2.45, 2.75) is 33.2 Å². The van der Waals surface area contributed by atoms with E-state index in [1.807, 2.05) is 12.1 Å². The van der Waals surface area contributed by atoms with Crippen molar-refractivity contribution in [3.8, 4) is 0 Å². The number of pyridine rings is 1. The third kappa shape index (κ3) is 5.41. The summed E-state index contributed by atoms with van der Waals surface area (Å²) in [6, 6.07) is 2.47. The van der Waals surface area contributed by atoms with Crippen molar-refractivity contribution >= 4 is 12.0 Å². The fourth-order valence-corrected chi connectivity index (χ4v) is 1.83. The number of carboxylic acid groups (broad SMARTS) is 1. The number of hydrogen-bond donors (Lipinski definition) is 2. The average molecular weight is 293 g/mol. The van der Waals surface area contributed by atoms with E-state index in [2.05, 4.69) is 10.3 Å². The highest BCUT2D eigenvalue weighted by Crippen LogP contribution is 2.19. The molecule has 1 aromatic heterocycles. The average Bonchev–Trinajstić information content (AvgIpc) is 2.41. The maximum absolute atomic E-state index is 12.1. The summed E-state index contributed by atoms with van der Waals surface area (Å²) in [6.45, 7) is 5.85. The number of carboxylic acids is 1. The van der Waals surface area contributed by atoms with Gasteiger partial charge in [-0.3, -0.25) is 4.98 Å². The summed E-state index contributed by atoms with van der Waals surface area (Å²) in [5.41, 5.74) is 0.531. The summed E-state index contributed by atoms with van der Waals surface area (Å²) in [5.74, 6) is -1.03. The normalized spacial score (nSPS) is 12.6. The van der Waals surface area contributed by atoms with E-state index in [4.69, 9.17) is 0 Å². The minimum atomic E-state index is -1.03. The van der Waals surface area contributed by atoms with Crippen LogP contribution in [0.2, 0.25) is 0 Å². The Bertz CT molecular complexity index is 483. The number of carbonyl (C=O) groups is 2. The number of hydrogen-bond acceptors (Lipinski definition) is 3. The predicted octanol–water partition coefficient (Wildman–Crippen LogP) is 1.76. The van der Waals surface area contributed by atoms with E-state index in [1.165, 1.54) is 4.90 Å². The highest BCUT2D eigenvalue weighted by atomic mass is 16.4. The highest BCUT2D eigenvalue weighted by molar-refractivity contribution is 5.83. The number of likely N-dealkylation sites (N-methyl/N-ethyl adjacent to an activating group) is 1. The molecule has 6 heteroatoms. The molecule has 0 fully saturated rings. The van der Waals surface area contributed by atoms with Gasteiger partial charge in [-0.05, 0) is 29.5 Å². The van der Waals surface area contributed by atoms with Crippen molar-refractivity contribution < 1.29 is 14.7 Å². The summed E-state index contributed by atoms with van der Waals surface area (Å²) >= 11 is 0. The van der Waals surface area contributed by atoms with E-state index in [0.29, 0.717) is 13.0 Å².